The number of hydrogen-bond acceptors (Lipinski definition) is 3. The Morgan fingerprint density at radius 2 is 2.35 bits per heavy atom. The predicted octanol–water partition coefficient (Wildman–Crippen LogP) is 2.67. The molecule has 17 heavy (non-hydrogen) atoms. The number of aromatic nitrogens is 2. The molecule has 0 spiro atoms. The lowest BCUT2D eigenvalue weighted by Crippen LogP contribution is -2.33. The summed E-state index contributed by atoms with van der Waals surface area (Å²) in [6.45, 7) is 6.30. The molecule has 3 nitrogen and oxygen atoms in total. The second-order valence-corrected chi connectivity index (χ2v) is 6.13. The highest BCUT2D eigenvalue weighted by Crippen LogP contribution is 2.29. The smallest absolute Gasteiger partial charge is 0.0534 e. The molecule has 4 heteroatoms. The van der Waals surface area contributed by atoms with Crippen molar-refractivity contribution >= 4 is 11.8 Å². The van der Waals surface area contributed by atoms with Crippen LogP contribution in [0.25, 0.3) is 0 Å². The van der Waals surface area contributed by atoms with Crippen LogP contribution in [0.15, 0.2) is 12.4 Å². The van der Waals surface area contributed by atoms with Crippen molar-refractivity contribution in [2.75, 3.05) is 5.75 Å². The molecule has 0 saturated heterocycles. The van der Waals surface area contributed by atoms with Crippen molar-refractivity contribution in [1.82, 2.24) is 15.1 Å². The Balaban J connectivity index is 1.80. The van der Waals surface area contributed by atoms with Gasteiger partial charge < -0.3 is 5.32 Å². The van der Waals surface area contributed by atoms with Gasteiger partial charge in [0.2, 0.25) is 0 Å². The molecular formula is C13H23N3S. The average Bonchev–Trinajstić information content (AvgIpc) is 2.95. The van der Waals surface area contributed by atoms with E-state index in [0.717, 1.165) is 18.3 Å². The summed E-state index contributed by atoms with van der Waals surface area (Å²) >= 11 is 2.11. The van der Waals surface area contributed by atoms with Crippen LogP contribution in [0.5, 0.6) is 0 Å². The molecule has 2 rings (SSSR count). The van der Waals surface area contributed by atoms with Gasteiger partial charge in [-0.05, 0) is 25.5 Å². The van der Waals surface area contributed by atoms with Gasteiger partial charge in [0.15, 0.2) is 0 Å². The number of thioether (sulfide) groups is 1. The largest absolute Gasteiger partial charge is 0.309 e. The van der Waals surface area contributed by atoms with Crippen LogP contribution in [-0.4, -0.2) is 26.8 Å². The minimum absolute atomic E-state index is 0.699. The van der Waals surface area contributed by atoms with Gasteiger partial charge in [-0.3, -0.25) is 4.68 Å². The predicted molar refractivity (Wildman–Crippen MR) is 74.3 cm³/mol. The fourth-order valence-corrected chi connectivity index (χ4v) is 3.72. The Morgan fingerprint density at radius 3 is 3.06 bits per heavy atom. The zero-order valence-corrected chi connectivity index (χ0v) is 11.7. The van der Waals surface area contributed by atoms with Crippen molar-refractivity contribution in [3.8, 4) is 0 Å². The van der Waals surface area contributed by atoms with Crippen LogP contribution in [0.1, 0.15) is 38.7 Å². The van der Waals surface area contributed by atoms with Crippen molar-refractivity contribution in [2.45, 2.75) is 57.5 Å². The molecule has 0 aromatic carbocycles. The maximum absolute atomic E-state index is 4.31. The molecule has 2 unspecified atom stereocenters. The molecule has 1 fully saturated rings. The minimum atomic E-state index is 0.699. The lowest BCUT2D eigenvalue weighted by atomic mass is 10.2. The first-order valence-corrected chi connectivity index (χ1v) is 7.74. The number of nitrogens with one attached hydrogen (secondary N) is 1. The van der Waals surface area contributed by atoms with Crippen molar-refractivity contribution in [3.05, 3.63) is 18.0 Å². The monoisotopic (exact) mass is 253 g/mol. The van der Waals surface area contributed by atoms with Gasteiger partial charge in [0.25, 0.3) is 0 Å². The van der Waals surface area contributed by atoms with Crippen LogP contribution in [0.2, 0.25) is 0 Å². The first-order valence-electron chi connectivity index (χ1n) is 6.69. The van der Waals surface area contributed by atoms with E-state index in [1.165, 1.54) is 30.6 Å². The first-order chi connectivity index (χ1) is 8.33. The summed E-state index contributed by atoms with van der Waals surface area (Å²) in [5.74, 6) is 1.23. The second-order valence-electron chi connectivity index (χ2n) is 4.62. The average molecular weight is 253 g/mol. The van der Waals surface area contributed by atoms with Gasteiger partial charge in [0.05, 0.1) is 6.20 Å². The summed E-state index contributed by atoms with van der Waals surface area (Å²) in [7, 11) is 0. The molecule has 0 radical (unpaired) electrons. The second kappa shape index (κ2) is 6.45. The quantitative estimate of drug-likeness (QED) is 0.845. The highest BCUT2D eigenvalue weighted by molar-refractivity contribution is 7.99. The summed E-state index contributed by atoms with van der Waals surface area (Å²) in [4.78, 5) is 0. The van der Waals surface area contributed by atoms with Crippen LogP contribution in [-0.2, 0) is 13.1 Å². The number of aryl methyl sites for hydroxylation is 1. The standard InChI is InChI=1S/C13H23N3S/c1-3-16-10-11(9-15-16)8-14-12-6-5-7-13(12)17-4-2/h9-10,12-14H,3-8H2,1-2H3. The molecule has 1 aromatic rings. The maximum atomic E-state index is 4.31. The Kier molecular flexibility index (Phi) is 4.92. The Morgan fingerprint density at radius 1 is 1.47 bits per heavy atom. The van der Waals surface area contributed by atoms with E-state index in [1.54, 1.807) is 0 Å². The lowest BCUT2D eigenvalue weighted by molar-refractivity contribution is 0.531. The Labute approximate surface area is 108 Å². The van der Waals surface area contributed by atoms with E-state index in [1.807, 2.05) is 10.9 Å². The molecule has 96 valence electrons. The molecule has 0 amide bonds. The summed E-state index contributed by atoms with van der Waals surface area (Å²) in [6.07, 6.45) is 8.21. The first kappa shape index (κ1) is 13.0. The van der Waals surface area contributed by atoms with Crippen molar-refractivity contribution in [1.29, 1.82) is 0 Å². The molecule has 1 N–H and O–H groups in total. The zero-order valence-electron chi connectivity index (χ0n) is 10.9. The summed E-state index contributed by atoms with van der Waals surface area (Å²) < 4.78 is 1.99. The van der Waals surface area contributed by atoms with E-state index >= 15 is 0 Å². The molecular weight excluding hydrogens is 230 g/mol. The van der Waals surface area contributed by atoms with Gasteiger partial charge in [-0.2, -0.15) is 16.9 Å². The third kappa shape index (κ3) is 3.49. The van der Waals surface area contributed by atoms with E-state index < -0.39 is 0 Å². The lowest BCUT2D eigenvalue weighted by Gasteiger charge is -2.19. The van der Waals surface area contributed by atoms with E-state index in [9.17, 15) is 0 Å². The fraction of sp³-hybridized carbons (Fsp3) is 0.769. The molecule has 1 aromatic heterocycles. The molecule has 0 bridgehead atoms. The summed E-state index contributed by atoms with van der Waals surface area (Å²) in [5, 5.41) is 8.82. The molecule has 1 heterocycles. The third-order valence-electron chi connectivity index (χ3n) is 3.41. The van der Waals surface area contributed by atoms with E-state index in [2.05, 4.69) is 42.2 Å². The van der Waals surface area contributed by atoms with Crippen molar-refractivity contribution in [3.63, 3.8) is 0 Å². The Bertz CT molecular complexity index is 337. The highest BCUT2D eigenvalue weighted by Gasteiger charge is 2.26. The Hall–Kier alpha value is -0.480. The van der Waals surface area contributed by atoms with E-state index in [-0.39, 0.29) is 0 Å². The van der Waals surface area contributed by atoms with Crippen molar-refractivity contribution < 1.29 is 0 Å². The maximum Gasteiger partial charge on any atom is 0.0534 e. The molecule has 0 aliphatic heterocycles. The summed E-state index contributed by atoms with van der Waals surface area (Å²) in [6, 6.07) is 0.699. The van der Waals surface area contributed by atoms with Gasteiger partial charge in [-0.25, -0.2) is 0 Å². The molecule has 2 atom stereocenters. The normalized spacial score (nSPS) is 24.4. The van der Waals surface area contributed by atoms with Crippen LogP contribution in [0.3, 0.4) is 0 Å². The SMILES string of the molecule is CCSC1CCCC1NCc1cnn(CC)c1. The minimum Gasteiger partial charge on any atom is -0.309 e. The van der Waals surface area contributed by atoms with Gasteiger partial charge in [-0.15, -0.1) is 0 Å². The molecule has 1 saturated carbocycles. The fourth-order valence-electron chi connectivity index (χ4n) is 2.49. The van der Waals surface area contributed by atoms with E-state index in [0.29, 0.717) is 6.04 Å². The number of rotatable bonds is 6. The van der Waals surface area contributed by atoms with Crippen molar-refractivity contribution in [2.24, 2.45) is 0 Å². The highest BCUT2D eigenvalue weighted by atomic mass is 32.2. The van der Waals surface area contributed by atoms with Gasteiger partial charge in [0, 0.05) is 36.1 Å². The number of hydrogen-bond donors (Lipinski definition) is 1. The van der Waals surface area contributed by atoms with E-state index in [4.69, 9.17) is 0 Å². The third-order valence-corrected chi connectivity index (χ3v) is 4.74. The van der Waals surface area contributed by atoms with Gasteiger partial charge in [-0.1, -0.05) is 13.3 Å². The van der Waals surface area contributed by atoms with Crippen LogP contribution in [0.4, 0.5) is 0 Å². The van der Waals surface area contributed by atoms with Crippen LogP contribution in [0, 0.1) is 0 Å². The van der Waals surface area contributed by atoms with Gasteiger partial charge >= 0.3 is 0 Å². The van der Waals surface area contributed by atoms with Crippen LogP contribution < -0.4 is 5.32 Å². The number of nitrogens with zero attached hydrogens (tertiary/aromatic N) is 2. The zero-order chi connectivity index (χ0) is 12.1. The van der Waals surface area contributed by atoms with Crippen LogP contribution >= 0.6 is 11.8 Å². The topological polar surface area (TPSA) is 29.9 Å². The molecule has 1 aliphatic carbocycles. The molecule has 1 aliphatic rings. The summed E-state index contributed by atoms with van der Waals surface area (Å²) in [5.41, 5.74) is 1.30. The van der Waals surface area contributed by atoms with Gasteiger partial charge in [0.1, 0.15) is 0 Å².